The highest BCUT2D eigenvalue weighted by atomic mass is 16.2. The molecule has 0 aliphatic carbocycles. The van der Waals surface area contributed by atoms with Gasteiger partial charge in [0.05, 0.1) is 0 Å². The van der Waals surface area contributed by atoms with Gasteiger partial charge in [-0.1, -0.05) is 6.92 Å². The van der Waals surface area contributed by atoms with E-state index in [0.29, 0.717) is 12.3 Å². The number of carbonyl (C=O) groups excluding carboxylic acids is 1. The number of amidine groups is 1. The smallest absolute Gasteiger partial charge is 0.344 e. The Kier molecular flexibility index (Phi) is 3.46. The second-order valence-electron chi connectivity index (χ2n) is 2.13. The monoisotopic (exact) mass is 143 g/mol. The average Bonchev–Trinajstić information content (AvgIpc) is 1.87. The van der Waals surface area contributed by atoms with Gasteiger partial charge in [-0.3, -0.25) is 0 Å². The van der Waals surface area contributed by atoms with Crippen LogP contribution in [0.5, 0.6) is 0 Å². The molecule has 0 aromatic carbocycles. The van der Waals surface area contributed by atoms with Gasteiger partial charge in [0, 0.05) is 20.5 Å². The van der Waals surface area contributed by atoms with Gasteiger partial charge in [0.15, 0.2) is 0 Å². The second-order valence-corrected chi connectivity index (χ2v) is 2.13. The number of urea groups is 1. The zero-order valence-corrected chi connectivity index (χ0v) is 6.59. The van der Waals surface area contributed by atoms with Crippen molar-refractivity contribution in [2.45, 2.75) is 13.3 Å². The lowest BCUT2D eigenvalue weighted by molar-refractivity contribution is 0.227. The maximum atomic E-state index is 10.8. The minimum atomic E-state index is -0.306. The highest BCUT2D eigenvalue weighted by Crippen LogP contribution is 1.85. The number of hydrogen-bond acceptors (Lipinski definition) is 1. The van der Waals surface area contributed by atoms with Crippen molar-refractivity contribution in [3.63, 3.8) is 0 Å². The van der Waals surface area contributed by atoms with E-state index in [0.717, 1.165) is 0 Å². The van der Waals surface area contributed by atoms with E-state index in [1.54, 1.807) is 14.1 Å². The Hall–Kier alpha value is -1.06. The number of nitrogens with zero attached hydrogens (tertiary/aromatic N) is 2. The third-order valence-electron chi connectivity index (χ3n) is 0.984. The summed E-state index contributed by atoms with van der Waals surface area (Å²) in [5.74, 6) is 0.374. The summed E-state index contributed by atoms with van der Waals surface area (Å²) < 4.78 is 0. The minimum absolute atomic E-state index is 0.306. The van der Waals surface area contributed by atoms with Crippen molar-refractivity contribution in [1.29, 1.82) is 0 Å². The van der Waals surface area contributed by atoms with Crippen LogP contribution >= 0.6 is 0 Å². The van der Waals surface area contributed by atoms with Crippen LogP contribution in [0.4, 0.5) is 4.79 Å². The van der Waals surface area contributed by atoms with Gasteiger partial charge in [0.2, 0.25) is 0 Å². The van der Waals surface area contributed by atoms with Crippen LogP contribution in [0, 0.1) is 0 Å². The third-order valence-corrected chi connectivity index (χ3v) is 0.984. The number of amides is 2. The summed E-state index contributed by atoms with van der Waals surface area (Å²) in [5.41, 5.74) is 5.31. The molecule has 58 valence electrons. The molecule has 0 aromatic rings. The van der Waals surface area contributed by atoms with Gasteiger partial charge in [-0.2, -0.15) is 4.99 Å². The summed E-state index contributed by atoms with van der Waals surface area (Å²) in [4.78, 5) is 15.7. The van der Waals surface area contributed by atoms with E-state index in [4.69, 9.17) is 5.73 Å². The Morgan fingerprint density at radius 3 is 2.40 bits per heavy atom. The van der Waals surface area contributed by atoms with E-state index in [2.05, 4.69) is 4.99 Å². The van der Waals surface area contributed by atoms with Crippen molar-refractivity contribution in [2.24, 2.45) is 10.7 Å². The van der Waals surface area contributed by atoms with Crippen LogP contribution in [0.15, 0.2) is 4.99 Å². The largest absolute Gasteiger partial charge is 0.387 e. The first-order chi connectivity index (χ1) is 4.57. The quantitative estimate of drug-likeness (QED) is 0.427. The van der Waals surface area contributed by atoms with Crippen LogP contribution in [0.25, 0.3) is 0 Å². The van der Waals surface area contributed by atoms with Gasteiger partial charge in [0.1, 0.15) is 5.84 Å². The fourth-order valence-electron chi connectivity index (χ4n) is 0.302. The third kappa shape index (κ3) is 3.06. The first-order valence-electron chi connectivity index (χ1n) is 3.12. The van der Waals surface area contributed by atoms with E-state index in [1.807, 2.05) is 6.92 Å². The molecular weight excluding hydrogens is 130 g/mol. The number of hydrogen-bond donors (Lipinski definition) is 1. The molecule has 2 amide bonds. The zero-order valence-electron chi connectivity index (χ0n) is 6.59. The molecule has 0 unspecified atom stereocenters. The van der Waals surface area contributed by atoms with Crippen LogP contribution in [0.3, 0.4) is 0 Å². The normalized spacial score (nSPS) is 11.3. The number of rotatable bonds is 1. The van der Waals surface area contributed by atoms with Crippen molar-refractivity contribution in [1.82, 2.24) is 4.90 Å². The summed E-state index contributed by atoms with van der Waals surface area (Å²) in [6, 6.07) is -0.306. The first-order valence-corrected chi connectivity index (χ1v) is 3.12. The average molecular weight is 143 g/mol. The minimum Gasteiger partial charge on any atom is -0.387 e. The maximum absolute atomic E-state index is 10.8. The lowest BCUT2D eigenvalue weighted by Gasteiger charge is -2.04. The van der Waals surface area contributed by atoms with E-state index < -0.39 is 0 Å². The number of nitrogens with two attached hydrogens (primary N) is 1. The molecule has 4 nitrogen and oxygen atoms in total. The van der Waals surface area contributed by atoms with Crippen LogP contribution in [-0.2, 0) is 0 Å². The molecular formula is C6H13N3O. The van der Waals surface area contributed by atoms with Crippen molar-refractivity contribution < 1.29 is 4.79 Å². The van der Waals surface area contributed by atoms with Crippen LogP contribution in [-0.4, -0.2) is 30.9 Å². The summed E-state index contributed by atoms with van der Waals surface area (Å²) in [6.07, 6.45) is 0.611. The maximum Gasteiger partial charge on any atom is 0.344 e. The number of carbonyl (C=O) groups is 1. The molecule has 0 aliphatic heterocycles. The fraction of sp³-hybridized carbons (Fsp3) is 0.667. The summed E-state index contributed by atoms with van der Waals surface area (Å²) in [5, 5.41) is 0. The topological polar surface area (TPSA) is 58.7 Å². The summed E-state index contributed by atoms with van der Waals surface area (Å²) >= 11 is 0. The Balaban J connectivity index is 4.00. The molecule has 0 aromatic heterocycles. The van der Waals surface area contributed by atoms with E-state index in [9.17, 15) is 4.79 Å². The molecule has 0 aliphatic rings. The molecule has 10 heavy (non-hydrogen) atoms. The van der Waals surface area contributed by atoms with Crippen molar-refractivity contribution in [3.05, 3.63) is 0 Å². The molecule has 0 bridgehead atoms. The predicted octanol–water partition coefficient (Wildman–Crippen LogP) is 0.435. The standard InChI is InChI=1S/C6H13N3O/c1-4-5(7)8-6(10)9(2)3/h4H2,1-3H3,(H2,7,8,10). The SMILES string of the molecule is CC/C(N)=N\C(=O)N(C)C. The predicted molar refractivity (Wildman–Crippen MR) is 41.0 cm³/mol. The molecule has 0 saturated heterocycles. The Bertz CT molecular complexity index is 151. The van der Waals surface area contributed by atoms with E-state index >= 15 is 0 Å². The molecule has 0 spiro atoms. The van der Waals surface area contributed by atoms with E-state index in [1.165, 1.54) is 4.90 Å². The lowest BCUT2D eigenvalue weighted by Crippen LogP contribution is -2.22. The molecule has 0 atom stereocenters. The number of aliphatic imine (C=N–C) groups is 1. The highest BCUT2D eigenvalue weighted by molar-refractivity contribution is 5.92. The van der Waals surface area contributed by atoms with Gasteiger partial charge < -0.3 is 10.6 Å². The molecule has 0 fully saturated rings. The Morgan fingerprint density at radius 1 is 1.60 bits per heavy atom. The zero-order chi connectivity index (χ0) is 8.15. The molecule has 0 radical (unpaired) electrons. The van der Waals surface area contributed by atoms with Crippen LogP contribution < -0.4 is 5.73 Å². The first kappa shape index (κ1) is 8.94. The summed E-state index contributed by atoms with van der Waals surface area (Å²) in [6.45, 7) is 1.85. The van der Waals surface area contributed by atoms with Gasteiger partial charge in [-0.25, -0.2) is 4.79 Å². The van der Waals surface area contributed by atoms with Crippen molar-refractivity contribution >= 4 is 11.9 Å². The molecule has 0 saturated carbocycles. The second kappa shape index (κ2) is 3.87. The Morgan fingerprint density at radius 2 is 2.10 bits per heavy atom. The molecule has 0 rings (SSSR count). The van der Waals surface area contributed by atoms with Gasteiger partial charge in [-0.05, 0) is 0 Å². The lowest BCUT2D eigenvalue weighted by atomic mass is 10.5. The molecule has 0 heterocycles. The molecule has 4 heteroatoms. The Labute approximate surface area is 60.7 Å². The van der Waals surface area contributed by atoms with Gasteiger partial charge in [0.25, 0.3) is 0 Å². The van der Waals surface area contributed by atoms with Crippen molar-refractivity contribution in [2.75, 3.05) is 14.1 Å². The fourth-order valence-corrected chi connectivity index (χ4v) is 0.302. The highest BCUT2D eigenvalue weighted by Gasteiger charge is 1.99. The van der Waals surface area contributed by atoms with Crippen LogP contribution in [0.1, 0.15) is 13.3 Å². The van der Waals surface area contributed by atoms with Crippen molar-refractivity contribution in [3.8, 4) is 0 Å². The van der Waals surface area contributed by atoms with Gasteiger partial charge >= 0.3 is 6.03 Å². The van der Waals surface area contributed by atoms with E-state index in [-0.39, 0.29) is 6.03 Å². The molecule has 2 N–H and O–H groups in total. The van der Waals surface area contributed by atoms with Crippen LogP contribution in [0.2, 0.25) is 0 Å². The summed E-state index contributed by atoms with van der Waals surface area (Å²) in [7, 11) is 3.27. The van der Waals surface area contributed by atoms with Gasteiger partial charge in [-0.15, -0.1) is 0 Å².